The van der Waals surface area contributed by atoms with E-state index in [0.29, 0.717) is 5.52 Å². The first-order valence-corrected chi connectivity index (χ1v) is 6.56. The van der Waals surface area contributed by atoms with Gasteiger partial charge in [0, 0.05) is 0 Å². The molecule has 1 unspecified atom stereocenters. The van der Waals surface area contributed by atoms with Crippen molar-refractivity contribution in [1.29, 1.82) is 0 Å². The summed E-state index contributed by atoms with van der Waals surface area (Å²) in [6.07, 6.45) is 8.25. The number of hydrogen-bond donors (Lipinski definition) is 1. The smallest absolute Gasteiger partial charge is 0.148 e. The number of halogens is 1. The van der Waals surface area contributed by atoms with Crippen molar-refractivity contribution in [3.05, 3.63) is 36.2 Å². The molecule has 2 heterocycles. The third kappa shape index (κ3) is 1.90. The zero-order chi connectivity index (χ0) is 12.5. The number of imidazole rings is 1. The van der Waals surface area contributed by atoms with E-state index in [-0.39, 0.29) is 11.7 Å². The fraction of sp³-hybridized carbons (Fsp3) is 0.500. The van der Waals surface area contributed by atoms with Crippen LogP contribution < -0.4 is 0 Å². The third-order valence-corrected chi connectivity index (χ3v) is 3.96. The molecule has 0 aliphatic heterocycles. The number of pyridine rings is 1. The van der Waals surface area contributed by atoms with Gasteiger partial charge in [0.25, 0.3) is 0 Å². The second-order valence-electron chi connectivity index (χ2n) is 5.10. The first-order valence-electron chi connectivity index (χ1n) is 6.56. The molecule has 0 spiro atoms. The zero-order valence-corrected chi connectivity index (χ0v) is 10.2. The molecule has 3 rings (SSSR count). The lowest BCUT2D eigenvalue weighted by Crippen LogP contribution is -2.18. The summed E-state index contributed by atoms with van der Waals surface area (Å²) in [5.41, 5.74) is 1.18. The van der Waals surface area contributed by atoms with Crippen molar-refractivity contribution in [3.8, 4) is 0 Å². The number of hydrogen-bond acceptors (Lipinski definition) is 2. The van der Waals surface area contributed by atoms with Crippen LogP contribution in [0.5, 0.6) is 0 Å². The van der Waals surface area contributed by atoms with Crippen LogP contribution in [0.1, 0.15) is 43.9 Å². The molecule has 3 nitrogen and oxygen atoms in total. The van der Waals surface area contributed by atoms with E-state index >= 15 is 0 Å². The molecule has 0 amide bonds. The van der Waals surface area contributed by atoms with E-state index in [4.69, 9.17) is 0 Å². The average Bonchev–Trinajstić information content (AvgIpc) is 2.90. The number of rotatable bonds is 2. The van der Waals surface area contributed by atoms with Crippen molar-refractivity contribution < 1.29 is 9.50 Å². The topological polar surface area (TPSA) is 37.5 Å². The summed E-state index contributed by atoms with van der Waals surface area (Å²) in [4.78, 5) is 3.96. The Kier molecular flexibility index (Phi) is 3.04. The summed E-state index contributed by atoms with van der Waals surface area (Å²) < 4.78 is 15.2. The van der Waals surface area contributed by atoms with Crippen LogP contribution in [0.4, 0.5) is 4.39 Å². The highest BCUT2D eigenvalue weighted by Crippen LogP contribution is 2.34. The second kappa shape index (κ2) is 4.69. The summed E-state index contributed by atoms with van der Waals surface area (Å²) in [6, 6.07) is 3.08. The normalized spacial score (nSPS) is 19.2. The van der Waals surface area contributed by atoms with E-state index < -0.39 is 6.10 Å². The molecule has 1 atom stereocenters. The Morgan fingerprint density at radius 1 is 1.28 bits per heavy atom. The van der Waals surface area contributed by atoms with Crippen LogP contribution in [0.15, 0.2) is 24.7 Å². The van der Waals surface area contributed by atoms with Gasteiger partial charge < -0.3 is 5.11 Å². The maximum atomic E-state index is 13.6. The van der Waals surface area contributed by atoms with Gasteiger partial charge in [0.2, 0.25) is 0 Å². The van der Waals surface area contributed by atoms with Gasteiger partial charge in [-0.05, 0) is 30.9 Å². The Labute approximate surface area is 105 Å². The van der Waals surface area contributed by atoms with E-state index in [1.54, 1.807) is 16.8 Å². The maximum absolute atomic E-state index is 13.6. The Bertz CT molecular complexity index is 546. The largest absolute Gasteiger partial charge is 0.387 e. The van der Waals surface area contributed by atoms with Gasteiger partial charge in [-0.3, -0.25) is 4.40 Å². The average molecular weight is 248 g/mol. The SMILES string of the molecule is OC(c1ccc(F)c2cncn12)C1CCCCC1. The molecule has 18 heavy (non-hydrogen) atoms. The van der Waals surface area contributed by atoms with Gasteiger partial charge in [-0.25, -0.2) is 9.37 Å². The number of aliphatic hydroxyl groups excluding tert-OH is 1. The Morgan fingerprint density at radius 2 is 2.06 bits per heavy atom. The van der Waals surface area contributed by atoms with Crippen LogP contribution in [0.25, 0.3) is 5.52 Å². The molecule has 96 valence electrons. The van der Waals surface area contributed by atoms with E-state index in [1.807, 2.05) is 0 Å². The number of aliphatic hydroxyl groups is 1. The van der Waals surface area contributed by atoms with Gasteiger partial charge >= 0.3 is 0 Å². The zero-order valence-electron chi connectivity index (χ0n) is 10.2. The quantitative estimate of drug-likeness (QED) is 0.886. The molecule has 0 saturated heterocycles. The lowest BCUT2D eigenvalue weighted by Gasteiger charge is -2.27. The molecule has 1 fully saturated rings. The minimum atomic E-state index is -0.525. The predicted molar refractivity (Wildman–Crippen MR) is 66.7 cm³/mol. The molecule has 1 saturated carbocycles. The van der Waals surface area contributed by atoms with Gasteiger partial charge in [0.15, 0.2) is 0 Å². The lowest BCUT2D eigenvalue weighted by atomic mass is 9.84. The van der Waals surface area contributed by atoms with Gasteiger partial charge in [-0.15, -0.1) is 0 Å². The first kappa shape index (κ1) is 11.7. The molecule has 1 N–H and O–H groups in total. The Hall–Kier alpha value is -1.42. The van der Waals surface area contributed by atoms with Crippen molar-refractivity contribution in [2.75, 3.05) is 0 Å². The van der Waals surface area contributed by atoms with Crippen LogP contribution in [0.2, 0.25) is 0 Å². The molecule has 2 aromatic heterocycles. The number of nitrogens with zero attached hydrogens (tertiary/aromatic N) is 2. The molecule has 1 aliphatic rings. The van der Waals surface area contributed by atoms with Crippen molar-refractivity contribution in [2.45, 2.75) is 38.2 Å². The van der Waals surface area contributed by atoms with Crippen molar-refractivity contribution >= 4 is 5.52 Å². The van der Waals surface area contributed by atoms with Gasteiger partial charge in [0.1, 0.15) is 11.3 Å². The summed E-state index contributed by atoms with van der Waals surface area (Å²) in [6.45, 7) is 0. The highest BCUT2D eigenvalue weighted by atomic mass is 19.1. The maximum Gasteiger partial charge on any atom is 0.148 e. The van der Waals surface area contributed by atoms with Crippen LogP contribution in [-0.2, 0) is 0 Å². The highest BCUT2D eigenvalue weighted by Gasteiger charge is 2.25. The van der Waals surface area contributed by atoms with Crippen LogP contribution in [0, 0.1) is 11.7 Å². The highest BCUT2D eigenvalue weighted by molar-refractivity contribution is 5.47. The fourth-order valence-corrected chi connectivity index (χ4v) is 2.93. The molecule has 0 radical (unpaired) electrons. The summed E-state index contributed by atoms with van der Waals surface area (Å²) in [5.74, 6) is -0.0121. The minimum Gasteiger partial charge on any atom is -0.387 e. The number of aromatic nitrogens is 2. The van der Waals surface area contributed by atoms with Crippen LogP contribution in [0.3, 0.4) is 0 Å². The van der Waals surface area contributed by atoms with Gasteiger partial charge in [-0.1, -0.05) is 19.3 Å². The summed E-state index contributed by atoms with van der Waals surface area (Å²) >= 11 is 0. The van der Waals surface area contributed by atoms with Crippen LogP contribution in [-0.4, -0.2) is 14.5 Å². The van der Waals surface area contributed by atoms with Crippen LogP contribution >= 0.6 is 0 Å². The number of fused-ring (bicyclic) bond motifs is 1. The van der Waals surface area contributed by atoms with E-state index in [2.05, 4.69) is 4.98 Å². The Balaban J connectivity index is 1.98. The monoisotopic (exact) mass is 248 g/mol. The molecule has 0 aromatic carbocycles. The van der Waals surface area contributed by atoms with E-state index in [9.17, 15) is 9.50 Å². The standard InChI is InChI=1S/C14H17FN2O/c15-11-6-7-12(17-9-16-8-13(11)17)14(18)10-4-2-1-3-5-10/h6-10,14,18H,1-5H2. The lowest BCUT2D eigenvalue weighted by molar-refractivity contribution is 0.0800. The van der Waals surface area contributed by atoms with Gasteiger partial charge in [0.05, 0.1) is 24.3 Å². The summed E-state index contributed by atoms with van der Waals surface area (Å²) in [5, 5.41) is 10.5. The second-order valence-corrected chi connectivity index (χ2v) is 5.10. The third-order valence-electron chi connectivity index (χ3n) is 3.96. The molecule has 0 bridgehead atoms. The van der Waals surface area contributed by atoms with Crippen molar-refractivity contribution in [2.24, 2.45) is 5.92 Å². The summed E-state index contributed by atoms with van der Waals surface area (Å²) in [7, 11) is 0. The minimum absolute atomic E-state index is 0.287. The van der Waals surface area contributed by atoms with E-state index in [0.717, 1.165) is 18.5 Å². The fourth-order valence-electron chi connectivity index (χ4n) is 2.93. The van der Waals surface area contributed by atoms with E-state index in [1.165, 1.54) is 31.5 Å². The predicted octanol–water partition coefficient (Wildman–Crippen LogP) is 3.09. The molecular formula is C14H17FN2O. The van der Waals surface area contributed by atoms with Crippen molar-refractivity contribution in [3.63, 3.8) is 0 Å². The van der Waals surface area contributed by atoms with Crippen molar-refractivity contribution in [1.82, 2.24) is 9.38 Å². The first-order chi connectivity index (χ1) is 8.77. The molecule has 2 aromatic rings. The molecular weight excluding hydrogens is 231 g/mol. The molecule has 1 aliphatic carbocycles. The Morgan fingerprint density at radius 3 is 2.83 bits per heavy atom. The van der Waals surface area contributed by atoms with Gasteiger partial charge in [-0.2, -0.15) is 0 Å². The molecule has 4 heteroatoms.